The quantitative estimate of drug-likeness (QED) is 0.160. The predicted molar refractivity (Wildman–Crippen MR) is 284 cm³/mol. The average Bonchev–Trinajstić information content (AvgIpc) is 4.09. The molecule has 14 aromatic rings. The number of aromatic nitrogens is 1. The van der Waals surface area contributed by atoms with Crippen LogP contribution in [-0.4, -0.2) is 4.57 Å². The average molecular weight is 869 g/mol. The van der Waals surface area contributed by atoms with Gasteiger partial charge in [-0.05, 0) is 100 Å². The highest BCUT2D eigenvalue weighted by Crippen LogP contribution is 2.48. The Morgan fingerprint density at radius 3 is 1.65 bits per heavy atom. The normalized spacial score (nSPS) is 11.8. The van der Waals surface area contributed by atoms with E-state index in [1.54, 1.807) is 0 Å². The first-order chi connectivity index (χ1) is 33.7. The van der Waals surface area contributed by atoms with Crippen LogP contribution in [0.4, 0.5) is 17.1 Å². The summed E-state index contributed by atoms with van der Waals surface area (Å²) in [5, 5.41) is 9.22. The van der Waals surface area contributed by atoms with E-state index in [1.165, 1.54) is 38.1 Å². The Labute approximate surface area is 391 Å². The molecule has 0 radical (unpaired) electrons. The van der Waals surface area contributed by atoms with Crippen molar-refractivity contribution >= 4 is 93.5 Å². The zero-order chi connectivity index (χ0) is 44.7. The number of rotatable bonds is 7. The lowest BCUT2D eigenvalue weighted by molar-refractivity contribution is 0.669. The van der Waals surface area contributed by atoms with Gasteiger partial charge in [-0.15, -0.1) is 0 Å². The first-order valence-corrected chi connectivity index (χ1v) is 23.2. The van der Waals surface area contributed by atoms with Crippen molar-refractivity contribution in [3.8, 4) is 39.1 Å². The third kappa shape index (κ3) is 6.01. The van der Waals surface area contributed by atoms with Crippen LogP contribution in [0.3, 0.4) is 0 Å². The topological polar surface area (TPSA) is 34.5 Å². The first kappa shape index (κ1) is 38.2. The van der Waals surface area contributed by atoms with E-state index in [0.29, 0.717) is 0 Å². The molecule has 318 valence electrons. The Balaban J connectivity index is 1.01. The summed E-state index contributed by atoms with van der Waals surface area (Å²) in [7, 11) is 0. The van der Waals surface area contributed by atoms with Gasteiger partial charge in [-0.3, -0.25) is 0 Å². The molecule has 0 aliphatic carbocycles. The zero-order valence-corrected chi connectivity index (χ0v) is 36.8. The van der Waals surface area contributed by atoms with E-state index in [1.807, 2.05) is 12.1 Å². The van der Waals surface area contributed by atoms with Crippen molar-refractivity contribution in [2.75, 3.05) is 4.90 Å². The monoisotopic (exact) mass is 868 g/mol. The molecule has 0 N–H and O–H groups in total. The molecule has 0 atom stereocenters. The maximum Gasteiger partial charge on any atom is 0.143 e. The summed E-state index contributed by atoms with van der Waals surface area (Å²) in [6.45, 7) is 0. The number of anilines is 3. The highest BCUT2D eigenvalue weighted by Gasteiger charge is 2.24. The van der Waals surface area contributed by atoms with Crippen LogP contribution in [-0.2, 0) is 0 Å². The molecule has 0 saturated carbocycles. The molecule has 4 heteroatoms. The van der Waals surface area contributed by atoms with Gasteiger partial charge in [0.25, 0.3) is 0 Å². The van der Waals surface area contributed by atoms with Gasteiger partial charge in [0.15, 0.2) is 0 Å². The molecule has 0 amide bonds. The highest BCUT2D eigenvalue weighted by molar-refractivity contribution is 6.14. The second kappa shape index (κ2) is 15.2. The van der Waals surface area contributed by atoms with E-state index in [4.69, 9.17) is 8.83 Å². The molecule has 0 fully saturated rings. The maximum absolute atomic E-state index is 6.88. The van der Waals surface area contributed by atoms with Crippen LogP contribution in [0.1, 0.15) is 0 Å². The SMILES string of the molecule is c1cc(-c2cc(N(c3ccc(-c4ccc5ccccc5c4)cc3)c3ccccc3-c3cccc4c3oc3ccccc34)cc3c2oc2ccccc23)cc(-n2c3ccccc3c3ccccc32)c1. The van der Waals surface area contributed by atoms with E-state index in [-0.39, 0.29) is 0 Å². The number of benzene rings is 11. The number of para-hydroxylation sites is 6. The van der Waals surface area contributed by atoms with Crippen molar-refractivity contribution in [2.45, 2.75) is 0 Å². The molecule has 0 saturated heterocycles. The summed E-state index contributed by atoms with van der Waals surface area (Å²) in [6, 6.07) is 87.0. The largest absolute Gasteiger partial charge is 0.455 e. The van der Waals surface area contributed by atoms with E-state index in [2.05, 4.69) is 240 Å². The molecule has 11 aromatic carbocycles. The second-order valence-corrected chi connectivity index (χ2v) is 17.6. The lowest BCUT2D eigenvalue weighted by atomic mass is 9.97. The molecular weight excluding hydrogens is 829 g/mol. The molecule has 3 heterocycles. The van der Waals surface area contributed by atoms with Gasteiger partial charge in [0.1, 0.15) is 22.3 Å². The Morgan fingerprint density at radius 1 is 0.309 bits per heavy atom. The summed E-state index contributed by atoms with van der Waals surface area (Å²) < 4.78 is 16.0. The van der Waals surface area contributed by atoms with Crippen LogP contribution >= 0.6 is 0 Å². The van der Waals surface area contributed by atoms with Crippen molar-refractivity contribution < 1.29 is 8.83 Å². The van der Waals surface area contributed by atoms with Gasteiger partial charge in [0.2, 0.25) is 0 Å². The van der Waals surface area contributed by atoms with Crippen molar-refractivity contribution in [1.29, 1.82) is 0 Å². The van der Waals surface area contributed by atoms with Gasteiger partial charge >= 0.3 is 0 Å². The third-order valence-corrected chi connectivity index (χ3v) is 13.8. The zero-order valence-electron chi connectivity index (χ0n) is 36.8. The Kier molecular flexibility index (Phi) is 8.55. The fourth-order valence-electron chi connectivity index (χ4n) is 10.6. The molecule has 0 aliphatic rings. The van der Waals surface area contributed by atoms with Gasteiger partial charge < -0.3 is 18.3 Å². The summed E-state index contributed by atoms with van der Waals surface area (Å²) in [5.74, 6) is 0. The van der Waals surface area contributed by atoms with E-state index in [0.717, 1.165) is 94.4 Å². The molecule has 0 unspecified atom stereocenters. The predicted octanol–water partition coefficient (Wildman–Crippen LogP) is 18.2. The number of nitrogens with zero attached hydrogens (tertiary/aromatic N) is 2. The van der Waals surface area contributed by atoms with Crippen LogP contribution in [0.15, 0.2) is 251 Å². The minimum Gasteiger partial charge on any atom is -0.455 e. The standard InChI is InChI=1S/C64H40N2O2/c1-2-16-43-37-44(32-31-41(43)15-1)42-33-35-46(36-34-42)65(58-26-8-5-21-51(58)54-24-14-25-55-52-22-6-11-29-61(52)67-63(54)55)48-39-56(64-57(40-48)53-23-7-12-30-62(53)68-64)45-17-13-18-47(38-45)66-59-27-9-3-19-49(59)50-20-4-10-28-60(50)66/h1-40H. The third-order valence-electron chi connectivity index (χ3n) is 13.8. The first-order valence-electron chi connectivity index (χ1n) is 23.2. The summed E-state index contributed by atoms with van der Waals surface area (Å²) in [5.41, 5.74) is 16.4. The minimum atomic E-state index is 0.848. The molecule has 0 bridgehead atoms. The Hall–Kier alpha value is -9.12. The van der Waals surface area contributed by atoms with Gasteiger partial charge in [0.05, 0.1) is 16.7 Å². The Morgan fingerprint density at radius 2 is 0.882 bits per heavy atom. The van der Waals surface area contributed by atoms with Crippen LogP contribution in [0.25, 0.3) is 116 Å². The lowest BCUT2D eigenvalue weighted by Crippen LogP contribution is -2.11. The van der Waals surface area contributed by atoms with Gasteiger partial charge in [-0.25, -0.2) is 0 Å². The smallest absolute Gasteiger partial charge is 0.143 e. The van der Waals surface area contributed by atoms with E-state index < -0.39 is 0 Å². The van der Waals surface area contributed by atoms with Crippen LogP contribution in [0.2, 0.25) is 0 Å². The maximum atomic E-state index is 6.88. The summed E-state index contributed by atoms with van der Waals surface area (Å²) in [4.78, 5) is 2.41. The number of hydrogen-bond donors (Lipinski definition) is 0. The van der Waals surface area contributed by atoms with Crippen molar-refractivity contribution in [3.63, 3.8) is 0 Å². The fraction of sp³-hybridized carbons (Fsp3) is 0. The Bertz CT molecular complexity index is 4230. The van der Waals surface area contributed by atoms with Gasteiger partial charge in [-0.1, -0.05) is 170 Å². The van der Waals surface area contributed by atoms with Gasteiger partial charge in [0, 0.05) is 66.1 Å². The molecule has 14 rings (SSSR count). The molecule has 3 aromatic heterocycles. The number of fused-ring (bicyclic) bond motifs is 10. The molecule has 68 heavy (non-hydrogen) atoms. The second-order valence-electron chi connectivity index (χ2n) is 17.6. The number of furan rings is 2. The lowest BCUT2D eigenvalue weighted by Gasteiger charge is -2.29. The molecule has 4 nitrogen and oxygen atoms in total. The van der Waals surface area contributed by atoms with Crippen molar-refractivity contribution in [3.05, 3.63) is 243 Å². The van der Waals surface area contributed by atoms with Crippen molar-refractivity contribution in [1.82, 2.24) is 4.57 Å². The van der Waals surface area contributed by atoms with Crippen molar-refractivity contribution in [2.24, 2.45) is 0 Å². The van der Waals surface area contributed by atoms with Gasteiger partial charge in [-0.2, -0.15) is 0 Å². The highest BCUT2D eigenvalue weighted by atomic mass is 16.3. The van der Waals surface area contributed by atoms with Crippen LogP contribution in [0, 0.1) is 0 Å². The van der Waals surface area contributed by atoms with Crippen LogP contribution in [0.5, 0.6) is 0 Å². The van der Waals surface area contributed by atoms with E-state index in [9.17, 15) is 0 Å². The molecule has 0 aliphatic heterocycles. The molecular formula is C64H40N2O2. The van der Waals surface area contributed by atoms with E-state index >= 15 is 0 Å². The van der Waals surface area contributed by atoms with Crippen LogP contribution < -0.4 is 4.90 Å². The summed E-state index contributed by atoms with van der Waals surface area (Å²) in [6.07, 6.45) is 0. The summed E-state index contributed by atoms with van der Waals surface area (Å²) >= 11 is 0. The minimum absolute atomic E-state index is 0.848. The fourth-order valence-corrected chi connectivity index (χ4v) is 10.6. The number of hydrogen-bond acceptors (Lipinski definition) is 3. The molecule has 0 spiro atoms.